The fourth-order valence-corrected chi connectivity index (χ4v) is 2.25. The van der Waals surface area contributed by atoms with E-state index in [1.807, 2.05) is 0 Å². The van der Waals surface area contributed by atoms with Gasteiger partial charge in [-0.15, -0.1) is 0 Å². The summed E-state index contributed by atoms with van der Waals surface area (Å²) in [6.45, 7) is 0. The zero-order chi connectivity index (χ0) is 14.8. The van der Waals surface area contributed by atoms with E-state index in [-0.39, 0.29) is 17.9 Å². The van der Waals surface area contributed by atoms with Gasteiger partial charge in [-0.1, -0.05) is 0 Å². The molecule has 0 saturated heterocycles. The SMILES string of the molecule is COc1ccc([N+](=O)[O-])c(OC2(CC(=O)O)CCC2)c1. The third-order valence-corrected chi connectivity index (χ3v) is 3.43. The minimum absolute atomic E-state index is 0.0512. The monoisotopic (exact) mass is 281 g/mol. The normalized spacial score (nSPS) is 16.1. The largest absolute Gasteiger partial charge is 0.497 e. The van der Waals surface area contributed by atoms with Gasteiger partial charge in [0.05, 0.1) is 18.5 Å². The van der Waals surface area contributed by atoms with E-state index in [1.54, 1.807) is 0 Å². The highest BCUT2D eigenvalue weighted by molar-refractivity contribution is 5.68. The van der Waals surface area contributed by atoms with Gasteiger partial charge in [-0.2, -0.15) is 0 Å². The summed E-state index contributed by atoms with van der Waals surface area (Å²) in [7, 11) is 1.45. The van der Waals surface area contributed by atoms with Crippen LogP contribution in [0.1, 0.15) is 25.7 Å². The average Bonchev–Trinajstić information content (AvgIpc) is 2.35. The zero-order valence-electron chi connectivity index (χ0n) is 11.0. The number of methoxy groups -OCH3 is 1. The molecule has 1 N–H and O–H groups in total. The van der Waals surface area contributed by atoms with Crippen molar-refractivity contribution >= 4 is 11.7 Å². The van der Waals surface area contributed by atoms with Crippen molar-refractivity contribution in [3.05, 3.63) is 28.3 Å². The third kappa shape index (κ3) is 2.81. The van der Waals surface area contributed by atoms with Crippen LogP contribution in [0.15, 0.2) is 18.2 Å². The average molecular weight is 281 g/mol. The third-order valence-electron chi connectivity index (χ3n) is 3.43. The predicted octanol–water partition coefficient (Wildman–Crippen LogP) is 2.38. The van der Waals surface area contributed by atoms with Gasteiger partial charge in [0.25, 0.3) is 0 Å². The van der Waals surface area contributed by atoms with Gasteiger partial charge in [-0.25, -0.2) is 0 Å². The molecule has 20 heavy (non-hydrogen) atoms. The second kappa shape index (κ2) is 5.36. The first-order valence-corrected chi connectivity index (χ1v) is 6.19. The highest BCUT2D eigenvalue weighted by atomic mass is 16.6. The molecule has 0 aromatic heterocycles. The molecule has 0 heterocycles. The van der Waals surface area contributed by atoms with Crippen molar-refractivity contribution in [1.82, 2.24) is 0 Å². The smallest absolute Gasteiger partial charge is 0.311 e. The maximum Gasteiger partial charge on any atom is 0.311 e. The van der Waals surface area contributed by atoms with Gasteiger partial charge in [0.1, 0.15) is 11.4 Å². The van der Waals surface area contributed by atoms with E-state index < -0.39 is 16.5 Å². The Balaban J connectivity index is 2.30. The number of carbonyl (C=O) groups is 1. The van der Waals surface area contributed by atoms with Gasteiger partial charge in [0.2, 0.25) is 5.75 Å². The molecule has 7 heteroatoms. The number of nitro benzene ring substituents is 1. The summed E-state index contributed by atoms with van der Waals surface area (Å²) in [5.74, 6) is -0.499. The molecule has 1 aliphatic rings. The summed E-state index contributed by atoms with van der Waals surface area (Å²) in [5.41, 5.74) is -1.04. The molecule has 7 nitrogen and oxygen atoms in total. The van der Waals surface area contributed by atoms with Crippen LogP contribution in [0.3, 0.4) is 0 Å². The van der Waals surface area contributed by atoms with E-state index in [4.69, 9.17) is 14.6 Å². The summed E-state index contributed by atoms with van der Waals surface area (Å²) in [4.78, 5) is 21.4. The number of carboxylic acids is 1. The van der Waals surface area contributed by atoms with E-state index >= 15 is 0 Å². The molecule has 1 aromatic carbocycles. The predicted molar refractivity (Wildman–Crippen MR) is 69.1 cm³/mol. The molecule has 1 aliphatic carbocycles. The molecule has 0 atom stereocenters. The lowest BCUT2D eigenvalue weighted by Crippen LogP contribution is -2.45. The first kappa shape index (κ1) is 14.1. The molecule has 0 radical (unpaired) electrons. The molecule has 1 saturated carbocycles. The summed E-state index contributed by atoms with van der Waals surface area (Å²) in [6.07, 6.45) is 1.84. The van der Waals surface area contributed by atoms with E-state index in [2.05, 4.69) is 0 Å². The molecule has 108 valence electrons. The van der Waals surface area contributed by atoms with Gasteiger partial charge >= 0.3 is 11.7 Å². The van der Waals surface area contributed by atoms with Gasteiger partial charge in [-0.3, -0.25) is 14.9 Å². The highest BCUT2D eigenvalue weighted by Crippen LogP contribution is 2.42. The molecule has 2 rings (SSSR count). The number of rotatable bonds is 6. The zero-order valence-corrected chi connectivity index (χ0v) is 11.0. The van der Waals surface area contributed by atoms with E-state index in [0.29, 0.717) is 18.6 Å². The second-order valence-electron chi connectivity index (χ2n) is 4.80. The molecule has 0 aliphatic heterocycles. The lowest BCUT2D eigenvalue weighted by Gasteiger charge is -2.40. The standard InChI is InChI=1S/C13H15NO6/c1-19-9-3-4-10(14(17)18)11(7-9)20-13(5-2-6-13)8-12(15)16/h3-4,7H,2,5-6,8H2,1H3,(H,15,16). The van der Waals surface area contributed by atoms with Gasteiger partial charge in [0, 0.05) is 12.1 Å². The Kier molecular flexibility index (Phi) is 3.78. The van der Waals surface area contributed by atoms with Crippen LogP contribution < -0.4 is 9.47 Å². The number of ether oxygens (including phenoxy) is 2. The summed E-state index contributed by atoms with van der Waals surface area (Å²) < 4.78 is 10.7. The summed E-state index contributed by atoms with van der Waals surface area (Å²) in [5, 5.41) is 19.9. The van der Waals surface area contributed by atoms with Crippen LogP contribution in [0.5, 0.6) is 11.5 Å². The number of hydrogen-bond donors (Lipinski definition) is 1. The Labute approximate surface area is 115 Å². The maximum absolute atomic E-state index is 11.0. The minimum atomic E-state index is -0.977. The first-order valence-electron chi connectivity index (χ1n) is 6.19. The van der Waals surface area contributed by atoms with Crippen molar-refractivity contribution in [3.63, 3.8) is 0 Å². The number of carboxylic acid groups (broad SMARTS) is 1. The van der Waals surface area contributed by atoms with Crippen LogP contribution >= 0.6 is 0 Å². The van der Waals surface area contributed by atoms with Gasteiger partial charge in [0.15, 0.2) is 0 Å². The van der Waals surface area contributed by atoms with Crippen LogP contribution in [0, 0.1) is 10.1 Å². The van der Waals surface area contributed by atoms with Crippen LogP contribution in [-0.4, -0.2) is 28.7 Å². The maximum atomic E-state index is 11.0. The molecule has 0 bridgehead atoms. The van der Waals surface area contributed by atoms with E-state index in [9.17, 15) is 14.9 Å². The van der Waals surface area contributed by atoms with Crippen molar-refractivity contribution in [1.29, 1.82) is 0 Å². The van der Waals surface area contributed by atoms with Gasteiger partial charge in [-0.05, 0) is 25.3 Å². The van der Waals surface area contributed by atoms with E-state index in [1.165, 1.54) is 25.3 Å². The second-order valence-corrected chi connectivity index (χ2v) is 4.80. The Bertz CT molecular complexity index is 538. The summed E-state index contributed by atoms with van der Waals surface area (Å²) >= 11 is 0. The number of aliphatic carboxylic acids is 1. The molecular formula is C13H15NO6. The van der Waals surface area contributed by atoms with Crippen molar-refractivity contribution in [3.8, 4) is 11.5 Å². The van der Waals surface area contributed by atoms with Crippen molar-refractivity contribution < 1.29 is 24.3 Å². The molecule has 1 fully saturated rings. The molecule has 0 amide bonds. The number of hydrogen-bond acceptors (Lipinski definition) is 5. The van der Waals surface area contributed by atoms with E-state index in [0.717, 1.165) is 6.42 Å². The Hall–Kier alpha value is -2.31. The van der Waals surface area contributed by atoms with Crippen LogP contribution in [0.2, 0.25) is 0 Å². The van der Waals surface area contributed by atoms with Crippen LogP contribution in [0.25, 0.3) is 0 Å². The van der Waals surface area contributed by atoms with Crippen molar-refractivity contribution in [2.45, 2.75) is 31.3 Å². The van der Waals surface area contributed by atoms with Gasteiger partial charge < -0.3 is 14.6 Å². The summed E-state index contributed by atoms with van der Waals surface area (Å²) in [6, 6.07) is 4.18. The Morgan fingerprint density at radius 2 is 2.20 bits per heavy atom. The fraction of sp³-hybridized carbons (Fsp3) is 0.462. The molecule has 1 aromatic rings. The molecular weight excluding hydrogens is 266 g/mol. The molecule has 0 unspecified atom stereocenters. The lowest BCUT2D eigenvalue weighted by molar-refractivity contribution is -0.386. The first-order chi connectivity index (χ1) is 9.46. The highest BCUT2D eigenvalue weighted by Gasteiger charge is 2.42. The van der Waals surface area contributed by atoms with Crippen molar-refractivity contribution in [2.75, 3.05) is 7.11 Å². The van der Waals surface area contributed by atoms with Crippen LogP contribution in [0.4, 0.5) is 5.69 Å². The van der Waals surface area contributed by atoms with Crippen molar-refractivity contribution in [2.24, 2.45) is 0 Å². The minimum Gasteiger partial charge on any atom is -0.497 e. The van der Waals surface area contributed by atoms with Crippen LogP contribution in [-0.2, 0) is 4.79 Å². The molecule has 0 spiro atoms. The number of benzene rings is 1. The Morgan fingerprint density at radius 3 is 2.65 bits per heavy atom. The number of nitrogens with zero attached hydrogens (tertiary/aromatic N) is 1. The Morgan fingerprint density at radius 1 is 1.50 bits per heavy atom. The number of nitro groups is 1. The quantitative estimate of drug-likeness (QED) is 0.634. The lowest BCUT2D eigenvalue weighted by atomic mass is 9.77. The fourth-order valence-electron chi connectivity index (χ4n) is 2.25. The topological polar surface area (TPSA) is 98.9 Å².